The fraction of sp³-hybridized carbons (Fsp3) is 0.471. The Morgan fingerprint density at radius 3 is 2.61 bits per heavy atom. The Hall–Kier alpha value is -2.98. The number of halogens is 3. The molecule has 3 heterocycles. The molecule has 2 aromatic heterocycles. The van der Waals surface area contributed by atoms with Gasteiger partial charge >= 0.3 is 12.1 Å². The zero-order valence-corrected chi connectivity index (χ0v) is 14.8. The second kappa shape index (κ2) is 8.36. The lowest BCUT2D eigenvalue weighted by molar-refractivity contribution is -0.186. The topological polar surface area (TPSA) is 101 Å². The Morgan fingerprint density at radius 2 is 1.96 bits per heavy atom. The number of nitrogens with zero attached hydrogens (tertiary/aromatic N) is 4. The van der Waals surface area contributed by atoms with Gasteiger partial charge in [0, 0.05) is 38.2 Å². The lowest BCUT2D eigenvalue weighted by atomic mass is 9.96. The van der Waals surface area contributed by atoms with Crippen LogP contribution in [0.5, 0.6) is 0 Å². The first-order valence-corrected chi connectivity index (χ1v) is 8.72. The molecule has 0 spiro atoms. The second-order valence-corrected chi connectivity index (χ2v) is 6.32. The van der Waals surface area contributed by atoms with Crippen molar-refractivity contribution in [2.45, 2.75) is 25.4 Å². The molecule has 11 heteroatoms. The highest BCUT2D eigenvalue weighted by atomic mass is 19.4. The van der Waals surface area contributed by atoms with Gasteiger partial charge in [-0.2, -0.15) is 13.2 Å². The molecule has 0 bridgehead atoms. The molecule has 0 aromatic carbocycles. The van der Waals surface area contributed by atoms with Crippen LogP contribution in [0.15, 0.2) is 28.8 Å². The van der Waals surface area contributed by atoms with E-state index < -0.39 is 18.0 Å². The third-order valence-corrected chi connectivity index (χ3v) is 4.38. The van der Waals surface area contributed by atoms with Crippen molar-refractivity contribution >= 4 is 11.8 Å². The molecule has 1 fully saturated rings. The molecule has 1 aliphatic heterocycles. The molecular weight excluding hydrogens is 379 g/mol. The van der Waals surface area contributed by atoms with Gasteiger partial charge in [0.25, 0.3) is 5.89 Å². The van der Waals surface area contributed by atoms with E-state index in [4.69, 9.17) is 4.42 Å². The van der Waals surface area contributed by atoms with Crippen LogP contribution in [-0.2, 0) is 16.0 Å². The summed E-state index contributed by atoms with van der Waals surface area (Å²) in [5.74, 6) is -1.92. The fourth-order valence-corrected chi connectivity index (χ4v) is 2.91. The normalized spacial score (nSPS) is 15.5. The summed E-state index contributed by atoms with van der Waals surface area (Å²) in [4.78, 5) is 28.2. The van der Waals surface area contributed by atoms with Crippen LogP contribution < -0.4 is 5.32 Å². The summed E-state index contributed by atoms with van der Waals surface area (Å²) < 4.78 is 42.8. The Bertz CT molecular complexity index is 817. The number of hydrogen-bond acceptors (Lipinski definition) is 6. The largest absolute Gasteiger partial charge is 0.471 e. The first-order chi connectivity index (χ1) is 13.3. The van der Waals surface area contributed by atoms with Gasteiger partial charge in [-0.3, -0.25) is 14.6 Å². The van der Waals surface area contributed by atoms with Crippen LogP contribution in [0.3, 0.4) is 0 Å². The van der Waals surface area contributed by atoms with Crippen molar-refractivity contribution in [1.29, 1.82) is 0 Å². The van der Waals surface area contributed by atoms with Gasteiger partial charge in [0.05, 0.1) is 0 Å². The minimum absolute atomic E-state index is 0.0898. The quantitative estimate of drug-likeness (QED) is 0.822. The van der Waals surface area contributed by atoms with E-state index in [0.717, 1.165) is 4.90 Å². The number of hydrogen-bond donors (Lipinski definition) is 1. The Labute approximate surface area is 158 Å². The standard InChI is InChI=1S/C17H18F3N5O3/c18-17(19,20)16(27)25-9-5-11(6-10-25)14(26)22-8-4-13-23-24-15(28-13)12-3-1-2-7-21-12/h1-3,7,11H,4-6,8-10H2,(H,22,26). The van der Waals surface area contributed by atoms with Crippen molar-refractivity contribution < 1.29 is 27.2 Å². The van der Waals surface area contributed by atoms with Gasteiger partial charge in [-0.05, 0) is 25.0 Å². The molecule has 0 aliphatic carbocycles. The van der Waals surface area contributed by atoms with Crippen molar-refractivity contribution in [2.24, 2.45) is 5.92 Å². The van der Waals surface area contributed by atoms with E-state index in [1.807, 2.05) is 0 Å². The van der Waals surface area contributed by atoms with Gasteiger partial charge in [-0.15, -0.1) is 10.2 Å². The van der Waals surface area contributed by atoms with Gasteiger partial charge in [-0.25, -0.2) is 0 Å². The average molecular weight is 397 g/mol. The van der Waals surface area contributed by atoms with Gasteiger partial charge < -0.3 is 14.6 Å². The van der Waals surface area contributed by atoms with Crippen LogP contribution in [0.1, 0.15) is 18.7 Å². The molecule has 0 atom stereocenters. The smallest absolute Gasteiger partial charge is 0.419 e. The number of rotatable bonds is 5. The van der Waals surface area contributed by atoms with Crippen LogP contribution in [0, 0.1) is 5.92 Å². The number of alkyl halides is 3. The highest BCUT2D eigenvalue weighted by molar-refractivity contribution is 5.83. The first-order valence-electron chi connectivity index (χ1n) is 8.72. The van der Waals surface area contributed by atoms with Crippen molar-refractivity contribution in [2.75, 3.05) is 19.6 Å². The highest BCUT2D eigenvalue weighted by Gasteiger charge is 2.43. The maximum atomic E-state index is 12.4. The van der Waals surface area contributed by atoms with Crippen molar-refractivity contribution in [1.82, 2.24) is 25.4 Å². The maximum absolute atomic E-state index is 12.4. The van der Waals surface area contributed by atoms with Gasteiger partial charge in [0.15, 0.2) is 0 Å². The predicted octanol–water partition coefficient (Wildman–Crippen LogP) is 1.59. The summed E-state index contributed by atoms with van der Waals surface area (Å²) in [7, 11) is 0. The van der Waals surface area contributed by atoms with Crippen LogP contribution >= 0.6 is 0 Å². The highest BCUT2D eigenvalue weighted by Crippen LogP contribution is 2.24. The average Bonchev–Trinajstić information content (AvgIpc) is 3.16. The number of amides is 2. The fourth-order valence-electron chi connectivity index (χ4n) is 2.91. The molecule has 8 nitrogen and oxygen atoms in total. The Kier molecular flexibility index (Phi) is 5.90. The number of aromatic nitrogens is 3. The van der Waals surface area contributed by atoms with Crippen LogP contribution in [0.2, 0.25) is 0 Å². The molecule has 150 valence electrons. The van der Waals surface area contributed by atoms with E-state index in [9.17, 15) is 22.8 Å². The summed E-state index contributed by atoms with van der Waals surface area (Å²) in [6.45, 7) is 0.0748. The summed E-state index contributed by atoms with van der Waals surface area (Å²) in [6.07, 6.45) is -2.58. The van der Waals surface area contributed by atoms with Gasteiger partial charge in [-0.1, -0.05) is 6.07 Å². The van der Waals surface area contributed by atoms with Crippen LogP contribution in [-0.4, -0.2) is 57.7 Å². The van der Waals surface area contributed by atoms with Crippen molar-refractivity contribution in [3.63, 3.8) is 0 Å². The minimum atomic E-state index is -4.88. The molecule has 0 radical (unpaired) electrons. The SMILES string of the molecule is O=C(NCCc1nnc(-c2ccccn2)o1)C1CCN(C(=O)C(F)(F)F)CC1. The molecule has 3 rings (SSSR count). The monoisotopic (exact) mass is 397 g/mol. The summed E-state index contributed by atoms with van der Waals surface area (Å²) in [5.41, 5.74) is 0.547. The van der Waals surface area contributed by atoms with Crippen molar-refractivity contribution in [3.8, 4) is 11.6 Å². The van der Waals surface area contributed by atoms with Gasteiger partial charge in [0.2, 0.25) is 11.8 Å². The lowest BCUT2D eigenvalue weighted by Gasteiger charge is -2.31. The number of likely N-dealkylation sites (tertiary alicyclic amines) is 1. The molecule has 2 aromatic rings. The number of carbonyl (C=O) groups excluding carboxylic acids is 2. The van der Waals surface area contributed by atoms with E-state index in [-0.39, 0.29) is 44.3 Å². The molecule has 1 aliphatic rings. The zero-order valence-electron chi connectivity index (χ0n) is 14.8. The van der Waals surface area contributed by atoms with E-state index >= 15 is 0 Å². The molecule has 2 amide bonds. The number of piperidine rings is 1. The lowest BCUT2D eigenvalue weighted by Crippen LogP contribution is -2.47. The second-order valence-electron chi connectivity index (χ2n) is 6.32. The molecule has 0 unspecified atom stereocenters. The molecule has 1 saturated heterocycles. The number of nitrogens with one attached hydrogen (secondary N) is 1. The van der Waals surface area contributed by atoms with Crippen molar-refractivity contribution in [3.05, 3.63) is 30.3 Å². The minimum Gasteiger partial charge on any atom is -0.419 e. The molecule has 1 N–H and O–H groups in total. The van der Waals surface area contributed by atoms with E-state index in [2.05, 4.69) is 20.5 Å². The maximum Gasteiger partial charge on any atom is 0.471 e. The zero-order chi connectivity index (χ0) is 20.1. The summed E-state index contributed by atoms with van der Waals surface area (Å²) >= 11 is 0. The van der Waals surface area contributed by atoms with E-state index in [1.165, 1.54) is 0 Å². The van der Waals surface area contributed by atoms with E-state index in [1.54, 1.807) is 24.4 Å². The van der Waals surface area contributed by atoms with E-state index in [0.29, 0.717) is 18.0 Å². The molecule has 0 saturated carbocycles. The third kappa shape index (κ3) is 4.84. The number of carbonyl (C=O) groups is 2. The van der Waals surface area contributed by atoms with Gasteiger partial charge in [0.1, 0.15) is 5.69 Å². The first kappa shape index (κ1) is 19.8. The predicted molar refractivity (Wildman–Crippen MR) is 89.6 cm³/mol. The van der Waals surface area contributed by atoms with Crippen LogP contribution in [0.25, 0.3) is 11.6 Å². The summed E-state index contributed by atoms with van der Waals surface area (Å²) in [5, 5.41) is 10.5. The van der Waals surface area contributed by atoms with Crippen LogP contribution in [0.4, 0.5) is 13.2 Å². The summed E-state index contributed by atoms with van der Waals surface area (Å²) in [6, 6.07) is 5.29. The number of pyridine rings is 1. The Balaban J connectivity index is 1.42. The molecular formula is C17H18F3N5O3. The molecule has 28 heavy (non-hydrogen) atoms. The Morgan fingerprint density at radius 1 is 1.21 bits per heavy atom. The third-order valence-electron chi connectivity index (χ3n) is 4.38.